The summed E-state index contributed by atoms with van der Waals surface area (Å²) >= 11 is 0. The molecule has 2 fully saturated rings. The van der Waals surface area contributed by atoms with Gasteiger partial charge < -0.3 is 10.4 Å². The third kappa shape index (κ3) is 2.35. The van der Waals surface area contributed by atoms with Gasteiger partial charge in [-0.05, 0) is 44.4 Å². The number of nitrogens with one attached hydrogen (secondary N) is 1. The van der Waals surface area contributed by atoms with Crippen molar-refractivity contribution in [1.29, 1.82) is 0 Å². The molecule has 0 aromatic carbocycles. The SMILES string of the molecule is Cc1ccc(O)c(CN2CC3CCCNC3C2)n1. The molecule has 2 N–H and O–H groups in total. The molecule has 1 aromatic heterocycles. The lowest BCUT2D eigenvalue weighted by molar-refractivity contribution is 0.303. The maximum Gasteiger partial charge on any atom is 0.138 e. The molecule has 3 heterocycles. The van der Waals surface area contributed by atoms with E-state index < -0.39 is 0 Å². The van der Waals surface area contributed by atoms with Crippen LogP contribution in [-0.4, -0.2) is 40.7 Å². The molecule has 0 amide bonds. The largest absolute Gasteiger partial charge is 0.506 e. The lowest BCUT2D eigenvalue weighted by Gasteiger charge is -2.24. The molecule has 2 saturated heterocycles. The highest BCUT2D eigenvalue weighted by atomic mass is 16.3. The number of aromatic nitrogens is 1. The van der Waals surface area contributed by atoms with Crippen LogP contribution in [0.3, 0.4) is 0 Å². The fourth-order valence-electron chi connectivity index (χ4n) is 3.20. The summed E-state index contributed by atoms with van der Waals surface area (Å²) in [7, 11) is 0. The quantitative estimate of drug-likeness (QED) is 0.826. The number of pyridine rings is 1. The first-order chi connectivity index (χ1) is 8.72. The van der Waals surface area contributed by atoms with Gasteiger partial charge in [-0.15, -0.1) is 0 Å². The van der Waals surface area contributed by atoms with Gasteiger partial charge >= 0.3 is 0 Å². The highest BCUT2D eigenvalue weighted by molar-refractivity contribution is 5.27. The second kappa shape index (κ2) is 4.86. The highest BCUT2D eigenvalue weighted by Gasteiger charge is 2.34. The molecule has 2 atom stereocenters. The van der Waals surface area contributed by atoms with Crippen molar-refractivity contribution >= 4 is 0 Å². The highest BCUT2D eigenvalue weighted by Crippen LogP contribution is 2.27. The Kier molecular flexibility index (Phi) is 3.22. The fourth-order valence-corrected chi connectivity index (χ4v) is 3.20. The molecule has 2 unspecified atom stereocenters. The average Bonchev–Trinajstić information content (AvgIpc) is 2.76. The zero-order valence-corrected chi connectivity index (χ0v) is 10.9. The van der Waals surface area contributed by atoms with E-state index in [1.807, 2.05) is 13.0 Å². The molecule has 0 saturated carbocycles. The molecule has 0 radical (unpaired) electrons. The smallest absolute Gasteiger partial charge is 0.138 e. The summed E-state index contributed by atoms with van der Waals surface area (Å²) < 4.78 is 0. The number of likely N-dealkylation sites (tertiary alicyclic amines) is 1. The van der Waals surface area contributed by atoms with E-state index in [2.05, 4.69) is 15.2 Å². The van der Waals surface area contributed by atoms with Crippen molar-refractivity contribution in [2.75, 3.05) is 19.6 Å². The van der Waals surface area contributed by atoms with Crippen LogP contribution in [-0.2, 0) is 6.54 Å². The van der Waals surface area contributed by atoms with Crippen molar-refractivity contribution in [2.45, 2.75) is 32.4 Å². The maximum atomic E-state index is 9.85. The number of fused-ring (bicyclic) bond motifs is 1. The van der Waals surface area contributed by atoms with Crippen molar-refractivity contribution in [3.8, 4) is 5.75 Å². The standard InChI is InChI=1S/C14H21N3O/c1-10-4-5-14(18)13(16-10)9-17-7-11-3-2-6-15-12(11)8-17/h4-5,11-12,15,18H,2-3,6-9H2,1H3. The zero-order chi connectivity index (χ0) is 12.5. The number of rotatable bonds is 2. The van der Waals surface area contributed by atoms with Crippen LogP contribution >= 0.6 is 0 Å². The van der Waals surface area contributed by atoms with E-state index in [0.29, 0.717) is 11.8 Å². The van der Waals surface area contributed by atoms with Gasteiger partial charge in [-0.25, -0.2) is 0 Å². The predicted octanol–water partition coefficient (Wildman–Crippen LogP) is 1.28. The third-order valence-electron chi connectivity index (χ3n) is 4.14. The molecule has 0 spiro atoms. The first kappa shape index (κ1) is 11.9. The van der Waals surface area contributed by atoms with Crippen LogP contribution in [0.2, 0.25) is 0 Å². The van der Waals surface area contributed by atoms with E-state index in [0.717, 1.165) is 43.5 Å². The van der Waals surface area contributed by atoms with Crippen molar-refractivity contribution in [3.05, 3.63) is 23.5 Å². The molecule has 18 heavy (non-hydrogen) atoms. The minimum absolute atomic E-state index is 0.323. The molecule has 3 rings (SSSR count). The van der Waals surface area contributed by atoms with E-state index in [1.165, 1.54) is 12.8 Å². The second-order valence-corrected chi connectivity index (χ2v) is 5.58. The summed E-state index contributed by atoms with van der Waals surface area (Å²) in [5.74, 6) is 1.11. The molecule has 98 valence electrons. The van der Waals surface area contributed by atoms with Crippen LogP contribution in [0.25, 0.3) is 0 Å². The zero-order valence-electron chi connectivity index (χ0n) is 10.9. The Labute approximate surface area is 108 Å². The van der Waals surface area contributed by atoms with Crippen LogP contribution in [0.4, 0.5) is 0 Å². The number of aromatic hydroxyl groups is 1. The van der Waals surface area contributed by atoms with Crippen LogP contribution in [0.5, 0.6) is 5.75 Å². The topological polar surface area (TPSA) is 48.4 Å². The molecular weight excluding hydrogens is 226 g/mol. The molecule has 4 heteroatoms. The summed E-state index contributed by atoms with van der Waals surface area (Å²) in [6, 6.07) is 4.24. The Bertz CT molecular complexity index is 421. The van der Waals surface area contributed by atoms with Crippen molar-refractivity contribution in [3.63, 3.8) is 0 Å². The van der Waals surface area contributed by atoms with Gasteiger partial charge in [0.05, 0.1) is 5.69 Å². The van der Waals surface area contributed by atoms with Gasteiger partial charge in [-0.3, -0.25) is 9.88 Å². The van der Waals surface area contributed by atoms with Gasteiger partial charge in [0.1, 0.15) is 5.75 Å². The summed E-state index contributed by atoms with van der Waals surface area (Å²) in [6.45, 7) is 6.10. The molecule has 2 aliphatic heterocycles. The average molecular weight is 247 g/mol. The monoisotopic (exact) mass is 247 g/mol. The van der Waals surface area contributed by atoms with E-state index in [9.17, 15) is 5.11 Å². The number of aryl methyl sites for hydroxylation is 1. The molecule has 1 aromatic rings. The summed E-state index contributed by atoms with van der Waals surface area (Å²) in [4.78, 5) is 6.85. The Morgan fingerprint density at radius 1 is 1.44 bits per heavy atom. The minimum atomic E-state index is 0.323. The Balaban J connectivity index is 1.68. The predicted molar refractivity (Wildman–Crippen MR) is 70.4 cm³/mol. The minimum Gasteiger partial charge on any atom is -0.506 e. The first-order valence-corrected chi connectivity index (χ1v) is 6.83. The Hall–Kier alpha value is -1.13. The van der Waals surface area contributed by atoms with Crippen molar-refractivity contribution in [1.82, 2.24) is 15.2 Å². The number of hydrogen-bond acceptors (Lipinski definition) is 4. The fraction of sp³-hybridized carbons (Fsp3) is 0.643. The van der Waals surface area contributed by atoms with Gasteiger partial charge in [0.25, 0.3) is 0 Å². The van der Waals surface area contributed by atoms with Gasteiger partial charge in [-0.2, -0.15) is 0 Å². The van der Waals surface area contributed by atoms with Gasteiger partial charge in [0.2, 0.25) is 0 Å². The Morgan fingerprint density at radius 2 is 2.33 bits per heavy atom. The maximum absolute atomic E-state index is 9.85. The van der Waals surface area contributed by atoms with E-state index in [4.69, 9.17) is 0 Å². The number of nitrogens with zero attached hydrogens (tertiary/aromatic N) is 2. The second-order valence-electron chi connectivity index (χ2n) is 5.58. The van der Waals surface area contributed by atoms with Gasteiger partial charge in [0, 0.05) is 31.4 Å². The van der Waals surface area contributed by atoms with Crippen molar-refractivity contribution in [2.24, 2.45) is 5.92 Å². The third-order valence-corrected chi connectivity index (χ3v) is 4.14. The summed E-state index contributed by atoms with van der Waals surface area (Å²) in [5, 5.41) is 13.4. The van der Waals surface area contributed by atoms with Crippen LogP contribution in [0.15, 0.2) is 12.1 Å². The van der Waals surface area contributed by atoms with Crippen molar-refractivity contribution < 1.29 is 5.11 Å². The molecule has 2 aliphatic rings. The Morgan fingerprint density at radius 3 is 3.17 bits per heavy atom. The van der Waals surface area contributed by atoms with Crippen LogP contribution in [0.1, 0.15) is 24.2 Å². The molecule has 4 nitrogen and oxygen atoms in total. The van der Waals surface area contributed by atoms with Crippen LogP contribution in [0, 0.1) is 12.8 Å². The van der Waals surface area contributed by atoms with Crippen LogP contribution < -0.4 is 5.32 Å². The van der Waals surface area contributed by atoms with E-state index >= 15 is 0 Å². The normalized spacial score (nSPS) is 28.3. The molecule has 0 bridgehead atoms. The molecule has 0 aliphatic carbocycles. The van der Waals surface area contributed by atoms with Gasteiger partial charge in [-0.1, -0.05) is 0 Å². The van der Waals surface area contributed by atoms with E-state index in [1.54, 1.807) is 6.07 Å². The first-order valence-electron chi connectivity index (χ1n) is 6.83. The number of hydrogen-bond donors (Lipinski definition) is 2. The lowest BCUT2D eigenvalue weighted by atomic mass is 9.94. The molecular formula is C14H21N3O. The number of piperidine rings is 1. The lowest BCUT2D eigenvalue weighted by Crippen LogP contribution is -2.40. The summed E-state index contributed by atoms with van der Waals surface area (Å²) in [5.41, 5.74) is 1.78. The van der Waals surface area contributed by atoms with E-state index in [-0.39, 0.29) is 0 Å². The van der Waals surface area contributed by atoms with Gasteiger partial charge in [0.15, 0.2) is 0 Å². The summed E-state index contributed by atoms with van der Waals surface area (Å²) in [6.07, 6.45) is 2.63.